The second-order valence-electron chi connectivity index (χ2n) is 4.08. The highest BCUT2D eigenvalue weighted by Crippen LogP contribution is 2.33. The molecule has 0 aliphatic rings. The fourth-order valence-electron chi connectivity index (χ4n) is 1.60. The average molecular weight is 262 g/mol. The highest BCUT2D eigenvalue weighted by molar-refractivity contribution is 7.14. The van der Waals surface area contributed by atoms with Gasteiger partial charge in [-0.3, -0.25) is 4.98 Å². The van der Waals surface area contributed by atoms with E-state index in [0.717, 1.165) is 11.1 Å². The Bertz CT molecular complexity index is 549. The Labute approximate surface area is 109 Å². The number of carbonyl (C=O) groups is 1. The van der Waals surface area contributed by atoms with E-state index in [0.29, 0.717) is 10.6 Å². The zero-order valence-corrected chi connectivity index (χ0v) is 11.0. The summed E-state index contributed by atoms with van der Waals surface area (Å²) in [6, 6.07) is 3.68. The number of thiophene rings is 1. The van der Waals surface area contributed by atoms with Gasteiger partial charge in [0.05, 0.1) is 6.10 Å². The summed E-state index contributed by atoms with van der Waals surface area (Å²) < 4.78 is 5.21. The Balaban J connectivity index is 2.42. The normalized spacial score (nSPS) is 10.6. The third-order valence-corrected chi connectivity index (χ3v) is 3.17. The summed E-state index contributed by atoms with van der Waals surface area (Å²) in [6.45, 7) is 3.62. The number of nitrogens with two attached hydrogens (primary N) is 1. The van der Waals surface area contributed by atoms with Gasteiger partial charge in [0.2, 0.25) is 0 Å². The lowest BCUT2D eigenvalue weighted by Crippen LogP contribution is -2.13. The molecule has 0 atom stereocenters. The van der Waals surface area contributed by atoms with E-state index in [9.17, 15) is 4.79 Å². The molecule has 0 fully saturated rings. The topological polar surface area (TPSA) is 65.2 Å². The van der Waals surface area contributed by atoms with Gasteiger partial charge in [-0.1, -0.05) is 0 Å². The molecule has 2 rings (SSSR count). The van der Waals surface area contributed by atoms with E-state index in [1.54, 1.807) is 12.4 Å². The summed E-state index contributed by atoms with van der Waals surface area (Å²) in [6.07, 6.45) is 3.20. The van der Waals surface area contributed by atoms with Gasteiger partial charge < -0.3 is 10.5 Å². The lowest BCUT2D eigenvalue weighted by Gasteiger charge is -2.09. The average Bonchev–Trinajstić information content (AvgIpc) is 2.71. The third kappa shape index (κ3) is 2.51. The fourth-order valence-corrected chi connectivity index (χ4v) is 2.41. The Morgan fingerprint density at radius 3 is 2.67 bits per heavy atom. The molecular weight excluding hydrogens is 248 g/mol. The maximum atomic E-state index is 12.0. The number of pyridine rings is 1. The van der Waals surface area contributed by atoms with Gasteiger partial charge in [-0.15, -0.1) is 11.3 Å². The molecule has 0 spiro atoms. The zero-order chi connectivity index (χ0) is 13.1. The summed E-state index contributed by atoms with van der Waals surface area (Å²) >= 11 is 1.34. The smallest absolute Gasteiger partial charge is 0.342 e. The van der Waals surface area contributed by atoms with Crippen molar-refractivity contribution < 1.29 is 9.53 Å². The van der Waals surface area contributed by atoms with Crippen molar-refractivity contribution in [3.63, 3.8) is 0 Å². The van der Waals surface area contributed by atoms with Crippen LogP contribution >= 0.6 is 11.3 Å². The number of anilines is 1. The maximum absolute atomic E-state index is 12.0. The largest absolute Gasteiger partial charge is 0.459 e. The third-order valence-electron chi connectivity index (χ3n) is 2.36. The van der Waals surface area contributed by atoms with Crippen LogP contribution in [-0.2, 0) is 4.74 Å². The first-order valence-corrected chi connectivity index (χ1v) is 6.46. The number of aromatic nitrogens is 1. The second-order valence-corrected chi connectivity index (χ2v) is 4.99. The molecule has 0 aliphatic heterocycles. The Morgan fingerprint density at radius 2 is 2.06 bits per heavy atom. The van der Waals surface area contributed by atoms with Crippen LogP contribution in [0.5, 0.6) is 0 Å². The summed E-state index contributed by atoms with van der Waals surface area (Å²) in [5, 5.41) is 2.34. The number of nitrogens with zero attached hydrogens (tertiary/aromatic N) is 1. The highest BCUT2D eigenvalue weighted by atomic mass is 32.1. The molecular formula is C13H14N2O2S. The number of carbonyl (C=O) groups excluding carboxylic acids is 1. The maximum Gasteiger partial charge on any atom is 0.342 e. The van der Waals surface area contributed by atoms with E-state index in [4.69, 9.17) is 10.5 Å². The minimum Gasteiger partial charge on any atom is -0.459 e. The van der Waals surface area contributed by atoms with Crippen LogP contribution in [-0.4, -0.2) is 17.1 Å². The number of ether oxygens (including phenoxy) is 1. The van der Waals surface area contributed by atoms with Gasteiger partial charge in [-0.25, -0.2) is 4.79 Å². The van der Waals surface area contributed by atoms with E-state index in [-0.39, 0.29) is 12.1 Å². The molecule has 2 N–H and O–H groups in total. The van der Waals surface area contributed by atoms with Gasteiger partial charge in [-0.2, -0.15) is 0 Å². The molecule has 0 amide bonds. The lowest BCUT2D eigenvalue weighted by atomic mass is 10.1. The van der Waals surface area contributed by atoms with Crippen molar-refractivity contribution in [2.75, 3.05) is 5.73 Å². The van der Waals surface area contributed by atoms with Crippen molar-refractivity contribution in [2.24, 2.45) is 0 Å². The van der Waals surface area contributed by atoms with E-state index >= 15 is 0 Å². The molecule has 4 nitrogen and oxygen atoms in total. The number of nitrogen functional groups attached to an aromatic ring is 1. The van der Waals surface area contributed by atoms with Crippen LogP contribution in [0.25, 0.3) is 11.1 Å². The van der Waals surface area contributed by atoms with Crippen molar-refractivity contribution in [3.05, 3.63) is 35.5 Å². The molecule has 94 valence electrons. The van der Waals surface area contributed by atoms with Gasteiger partial charge in [0, 0.05) is 23.3 Å². The highest BCUT2D eigenvalue weighted by Gasteiger charge is 2.20. The minimum absolute atomic E-state index is 0.165. The molecule has 0 radical (unpaired) electrons. The van der Waals surface area contributed by atoms with Crippen LogP contribution < -0.4 is 5.73 Å². The van der Waals surface area contributed by atoms with Gasteiger partial charge >= 0.3 is 5.97 Å². The van der Waals surface area contributed by atoms with Gasteiger partial charge in [0.15, 0.2) is 0 Å². The predicted octanol–water partition coefficient (Wildman–Crippen LogP) is 2.96. The van der Waals surface area contributed by atoms with E-state index in [1.807, 2.05) is 31.4 Å². The number of hydrogen-bond donors (Lipinski definition) is 1. The lowest BCUT2D eigenvalue weighted by molar-refractivity contribution is 0.0380. The Hall–Kier alpha value is -1.88. The van der Waals surface area contributed by atoms with Crippen LogP contribution in [0.1, 0.15) is 24.2 Å². The first kappa shape index (κ1) is 12.6. The molecule has 18 heavy (non-hydrogen) atoms. The molecule has 0 unspecified atom stereocenters. The van der Waals surface area contributed by atoms with Crippen molar-refractivity contribution in [2.45, 2.75) is 20.0 Å². The molecule has 0 saturated heterocycles. The predicted molar refractivity (Wildman–Crippen MR) is 72.5 cm³/mol. The molecule has 2 aromatic rings. The number of esters is 1. The Morgan fingerprint density at radius 1 is 1.39 bits per heavy atom. The number of rotatable bonds is 3. The molecule has 5 heteroatoms. The quantitative estimate of drug-likeness (QED) is 0.864. The SMILES string of the molecule is CC(C)OC(=O)c1c(-c2ccncc2)csc1N. The monoisotopic (exact) mass is 262 g/mol. The van der Waals surface area contributed by atoms with Crippen LogP contribution in [0.4, 0.5) is 5.00 Å². The Kier molecular flexibility index (Phi) is 3.62. The van der Waals surface area contributed by atoms with E-state index in [2.05, 4.69) is 4.98 Å². The molecule has 0 bridgehead atoms. The van der Waals surface area contributed by atoms with Crippen LogP contribution in [0.3, 0.4) is 0 Å². The molecule has 2 aromatic heterocycles. The van der Waals surface area contributed by atoms with Gasteiger partial charge in [-0.05, 0) is 31.5 Å². The summed E-state index contributed by atoms with van der Waals surface area (Å²) in [7, 11) is 0. The fraction of sp³-hybridized carbons (Fsp3) is 0.231. The van der Waals surface area contributed by atoms with Crippen molar-refractivity contribution in [1.29, 1.82) is 0 Å². The number of hydrogen-bond acceptors (Lipinski definition) is 5. The summed E-state index contributed by atoms with van der Waals surface area (Å²) in [5.74, 6) is -0.379. The molecule has 2 heterocycles. The standard InChI is InChI=1S/C13H14N2O2S/c1-8(2)17-13(16)11-10(7-18-12(11)14)9-3-5-15-6-4-9/h3-8H,14H2,1-2H3. The second kappa shape index (κ2) is 5.18. The molecule has 0 saturated carbocycles. The van der Waals surface area contributed by atoms with Crippen molar-refractivity contribution in [1.82, 2.24) is 4.98 Å². The van der Waals surface area contributed by atoms with Gasteiger partial charge in [0.25, 0.3) is 0 Å². The molecule has 0 aliphatic carbocycles. The summed E-state index contributed by atoms with van der Waals surface area (Å²) in [5.41, 5.74) is 8.01. The zero-order valence-electron chi connectivity index (χ0n) is 10.2. The van der Waals surface area contributed by atoms with Crippen molar-refractivity contribution >= 4 is 22.3 Å². The first-order chi connectivity index (χ1) is 8.59. The van der Waals surface area contributed by atoms with E-state index in [1.165, 1.54) is 11.3 Å². The minimum atomic E-state index is -0.379. The van der Waals surface area contributed by atoms with Crippen molar-refractivity contribution in [3.8, 4) is 11.1 Å². The molecule has 0 aromatic carbocycles. The van der Waals surface area contributed by atoms with Crippen LogP contribution in [0, 0.1) is 0 Å². The first-order valence-electron chi connectivity index (χ1n) is 5.58. The van der Waals surface area contributed by atoms with E-state index < -0.39 is 0 Å². The van der Waals surface area contributed by atoms with Gasteiger partial charge in [0.1, 0.15) is 10.6 Å². The van der Waals surface area contributed by atoms with Crippen LogP contribution in [0.2, 0.25) is 0 Å². The van der Waals surface area contributed by atoms with Crippen LogP contribution in [0.15, 0.2) is 29.9 Å². The summed E-state index contributed by atoms with van der Waals surface area (Å²) in [4.78, 5) is 16.0.